The number of rotatable bonds is 9. The van der Waals surface area contributed by atoms with Gasteiger partial charge in [-0.3, -0.25) is 0 Å². The zero-order valence-corrected chi connectivity index (χ0v) is 17.6. The predicted molar refractivity (Wildman–Crippen MR) is 112 cm³/mol. The molecule has 0 fully saturated rings. The lowest BCUT2D eigenvalue weighted by Crippen LogP contribution is -2.38. The van der Waals surface area contributed by atoms with E-state index in [1.54, 1.807) is 12.1 Å². The lowest BCUT2D eigenvalue weighted by Gasteiger charge is -2.20. The average molecular weight is 450 g/mol. The van der Waals surface area contributed by atoms with Gasteiger partial charge < -0.3 is 15.5 Å². The van der Waals surface area contributed by atoms with Crippen LogP contribution in [-0.2, 0) is 6.54 Å². The van der Waals surface area contributed by atoms with E-state index in [4.69, 9.17) is 0 Å². The minimum Gasteiger partial charge on any atom is -0.357 e. The van der Waals surface area contributed by atoms with Crippen molar-refractivity contribution in [1.29, 1.82) is 0 Å². The lowest BCUT2D eigenvalue weighted by atomic mass is 10.2. The molecule has 0 spiro atoms. The first-order chi connectivity index (χ1) is 11.0. The Morgan fingerprint density at radius 2 is 1.83 bits per heavy atom. The summed E-state index contributed by atoms with van der Waals surface area (Å²) in [5.74, 6) is 0.600. The van der Waals surface area contributed by atoms with E-state index in [2.05, 4.69) is 41.4 Å². The Hall–Kier alpha value is -0.890. The monoisotopic (exact) mass is 450 g/mol. The SMILES string of the molecule is CCNC(=NCc1ccc(F)cc1)NCCCCN(C)C(C)C.I. The number of hydrogen-bond acceptors (Lipinski definition) is 2. The molecule has 0 aliphatic heterocycles. The fourth-order valence-corrected chi connectivity index (χ4v) is 2.05. The van der Waals surface area contributed by atoms with E-state index in [-0.39, 0.29) is 29.8 Å². The van der Waals surface area contributed by atoms with Crippen LogP contribution in [0.5, 0.6) is 0 Å². The van der Waals surface area contributed by atoms with Gasteiger partial charge in [-0.2, -0.15) is 0 Å². The molecule has 0 aliphatic carbocycles. The predicted octanol–water partition coefficient (Wildman–Crippen LogP) is 3.62. The van der Waals surface area contributed by atoms with Gasteiger partial charge in [-0.05, 0) is 64.9 Å². The second-order valence-electron chi connectivity index (χ2n) is 6.03. The third-order valence-corrected chi connectivity index (χ3v) is 3.79. The number of benzene rings is 1. The molecule has 0 radical (unpaired) electrons. The van der Waals surface area contributed by atoms with Crippen LogP contribution in [0.1, 0.15) is 39.2 Å². The van der Waals surface area contributed by atoms with Gasteiger partial charge >= 0.3 is 0 Å². The van der Waals surface area contributed by atoms with Gasteiger partial charge in [0.15, 0.2) is 5.96 Å². The minimum absolute atomic E-state index is 0. The maximum absolute atomic E-state index is 12.9. The molecule has 0 heterocycles. The number of unbranched alkanes of at least 4 members (excludes halogenated alkanes) is 1. The summed E-state index contributed by atoms with van der Waals surface area (Å²) in [6.07, 6.45) is 2.27. The zero-order chi connectivity index (χ0) is 17.1. The van der Waals surface area contributed by atoms with Crippen LogP contribution < -0.4 is 10.6 Å². The van der Waals surface area contributed by atoms with Crippen molar-refractivity contribution in [2.24, 2.45) is 4.99 Å². The first kappa shape index (κ1) is 23.1. The van der Waals surface area contributed by atoms with Gasteiger partial charge in [0.1, 0.15) is 5.82 Å². The molecule has 1 rings (SSSR count). The molecule has 0 amide bonds. The van der Waals surface area contributed by atoms with Gasteiger partial charge in [-0.15, -0.1) is 24.0 Å². The first-order valence-electron chi connectivity index (χ1n) is 8.49. The number of nitrogens with one attached hydrogen (secondary N) is 2. The number of aliphatic imine (C=N–C) groups is 1. The van der Waals surface area contributed by atoms with Crippen LogP contribution in [0.4, 0.5) is 4.39 Å². The highest BCUT2D eigenvalue weighted by molar-refractivity contribution is 14.0. The van der Waals surface area contributed by atoms with Gasteiger partial charge in [0, 0.05) is 19.1 Å². The summed E-state index contributed by atoms with van der Waals surface area (Å²) in [6, 6.07) is 7.07. The molecular weight excluding hydrogens is 418 g/mol. The number of guanidine groups is 1. The van der Waals surface area contributed by atoms with Crippen molar-refractivity contribution in [2.45, 2.75) is 46.2 Å². The Balaban J connectivity index is 0.00000529. The second kappa shape index (κ2) is 13.4. The number of hydrogen-bond donors (Lipinski definition) is 2. The standard InChI is InChI=1S/C18H31FN4.HI/c1-5-20-18(21-12-6-7-13-23(4)15(2)3)22-14-16-8-10-17(19)11-9-16;/h8-11,15H,5-7,12-14H2,1-4H3,(H2,20,21,22);1H. The topological polar surface area (TPSA) is 39.7 Å². The molecule has 1 aromatic carbocycles. The van der Waals surface area contributed by atoms with Crippen LogP contribution in [0.15, 0.2) is 29.3 Å². The van der Waals surface area contributed by atoms with Crippen LogP contribution in [0.2, 0.25) is 0 Å². The molecule has 0 aliphatic rings. The highest BCUT2D eigenvalue weighted by Crippen LogP contribution is 2.04. The molecule has 2 N–H and O–H groups in total. The van der Waals surface area contributed by atoms with Gasteiger partial charge in [0.05, 0.1) is 6.54 Å². The molecule has 1 aromatic rings. The minimum atomic E-state index is -0.214. The van der Waals surface area contributed by atoms with Gasteiger partial charge in [-0.1, -0.05) is 12.1 Å². The van der Waals surface area contributed by atoms with Crippen LogP contribution in [0.25, 0.3) is 0 Å². The van der Waals surface area contributed by atoms with Crippen molar-refractivity contribution in [3.63, 3.8) is 0 Å². The highest BCUT2D eigenvalue weighted by Gasteiger charge is 2.02. The van der Waals surface area contributed by atoms with Gasteiger partial charge in [-0.25, -0.2) is 9.38 Å². The molecule has 0 saturated carbocycles. The molecular formula is C18H32FIN4. The van der Waals surface area contributed by atoms with Crippen molar-refractivity contribution in [2.75, 3.05) is 26.7 Å². The van der Waals surface area contributed by atoms with Gasteiger partial charge in [0.2, 0.25) is 0 Å². The van der Waals surface area contributed by atoms with Crippen molar-refractivity contribution >= 4 is 29.9 Å². The van der Waals surface area contributed by atoms with Crippen molar-refractivity contribution in [3.05, 3.63) is 35.6 Å². The first-order valence-corrected chi connectivity index (χ1v) is 8.49. The molecule has 138 valence electrons. The maximum Gasteiger partial charge on any atom is 0.191 e. The fourth-order valence-electron chi connectivity index (χ4n) is 2.05. The van der Waals surface area contributed by atoms with E-state index in [0.717, 1.165) is 37.6 Å². The maximum atomic E-state index is 12.9. The van der Waals surface area contributed by atoms with Crippen LogP contribution in [-0.4, -0.2) is 43.6 Å². The fraction of sp³-hybridized carbons (Fsp3) is 0.611. The van der Waals surface area contributed by atoms with Crippen LogP contribution in [0, 0.1) is 5.82 Å². The van der Waals surface area contributed by atoms with E-state index < -0.39 is 0 Å². The van der Waals surface area contributed by atoms with E-state index in [9.17, 15) is 4.39 Å². The summed E-state index contributed by atoms with van der Waals surface area (Å²) < 4.78 is 12.9. The molecule has 0 atom stereocenters. The van der Waals surface area contributed by atoms with Gasteiger partial charge in [0.25, 0.3) is 0 Å². The molecule has 4 nitrogen and oxygen atoms in total. The molecule has 24 heavy (non-hydrogen) atoms. The lowest BCUT2D eigenvalue weighted by molar-refractivity contribution is 0.268. The Labute approximate surface area is 163 Å². The largest absolute Gasteiger partial charge is 0.357 e. The molecule has 0 aromatic heterocycles. The van der Waals surface area contributed by atoms with E-state index in [0.29, 0.717) is 12.6 Å². The Morgan fingerprint density at radius 1 is 1.17 bits per heavy atom. The number of halogens is 2. The Morgan fingerprint density at radius 3 is 2.42 bits per heavy atom. The summed E-state index contributed by atoms with van der Waals surface area (Å²) in [4.78, 5) is 6.89. The highest BCUT2D eigenvalue weighted by atomic mass is 127. The van der Waals surface area contributed by atoms with Crippen LogP contribution in [0.3, 0.4) is 0 Å². The van der Waals surface area contributed by atoms with Crippen LogP contribution >= 0.6 is 24.0 Å². The van der Waals surface area contributed by atoms with E-state index >= 15 is 0 Å². The summed E-state index contributed by atoms with van der Waals surface area (Å²) in [7, 11) is 2.16. The van der Waals surface area contributed by atoms with Crippen molar-refractivity contribution in [3.8, 4) is 0 Å². The third-order valence-electron chi connectivity index (χ3n) is 3.79. The zero-order valence-electron chi connectivity index (χ0n) is 15.3. The quantitative estimate of drug-likeness (QED) is 0.261. The van der Waals surface area contributed by atoms with Crippen molar-refractivity contribution < 1.29 is 4.39 Å². The average Bonchev–Trinajstić information content (AvgIpc) is 2.53. The summed E-state index contributed by atoms with van der Waals surface area (Å²) in [5.41, 5.74) is 1.00. The molecule has 6 heteroatoms. The molecule has 0 saturated heterocycles. The Kier molecular flexibility index (Phi) is 12.9. The van der Waals surface area contributed by atoms with E-state index in [1.807, 2.05) is 6.92 Å². The normalized spacial score (nSPS) is 11.5. The summed E-state index contributed by atoms with van der Waals surface area (Å²) >= 11 is 0. The second-order valence-corrected chi connectivity index (χ2v) is 6.03. The summed E-state index contributed by atoms with van der Waals surface area (Å²) in [6.45, 7) is 9.86. The molecule has 0 bridgehead atoms. The van der Waals surface area contributed by atoms with E-state index in [1.165, 1.54) is 18.6 Å². The molecule has 0 unspecified atom stereocenters. The van der Waals surface area contributed by atoms with Crippen molar-refractivity contribution in [1.82, 2.24) is 15.5 Å². The third kappa shape index (κ3) is 10.1. The summed E-state index contributed by atoms with van der Waals surface area (Å²) in [5, 5.41) is 6.59. The Bertz CT molecular complexity index is 463. The smallest absolute Gasteiger partial charge is 0.191 e. The number of nitrogens with zero attached hydrogens (tertiary/aromatic N) is 2.